The molecule has 1 amide bonds. The average molecular weight is 279 g/mol. The van der Waals surface area contributed by atoms with E-state index in [1.165, 1.54) is 0 Å². The third kappa shape index (κ3) is 2.94. The summed E-state index contributed by atoms with van der Waals surface area (Å²) in [4.78, 5) is 11.4. The summed E-state index contributed by atoms with van der Waals surface area (Å²) in [6.07, 6.45) is 2.46. The number of aromatic nitrogens is 2. The van der Waals surface area contributed by atoms with Crippen molar-refractivity contribution in [3.8, 4) is 5.69 Å². The Bertz CT molecular complexity index is 594. The molecular weight excluding hydrogens is 264 g/mol. The third-order valence-corrected chi connectivity index (χ3v) is 3.12. The summed E-state index contributed by atoms with van der Waals surface area (Å²) >= 11 is 6.18. The molecule has 1 aromatic heterocycles. The number of carbonyl (C=O) groups is 1. The van der Waals surface area contributed by atoms with Gasteiger partial charge in [-0.1, -0.05) is 17.7 Å². The van der Waals surface area contributed by atoms with Gasteiger partial charge in [-0.25, -0.2) is 4.68 Å². The molecule has 0 saturated carbocycles. The number of hydrogen-bond donors (Lipinski definition) is 2. The number of amides is 1. The van der Waals surface area contributed by atoms with Gasteiger partial charge in [-0.3, -0.25) is 4.79 Å². The van der Waals surface area contributed by atoms with Crippen molar-refractivity contribution in [2.24, 2.45) is 5.73 Å². The predicted octanol–water partition coefficient (Wildman–Crippen LogP) is 1.39. The van der Waals surface area contributed by atoms with Crippen LogP contribution in [0.3, 0.4) is 0 Å². The SMILES string of the molecule is CNC(=O)c1ccn(-c2ccc(CCN)c(Cl)c2)n1. The van der Waals surface area contributed by atoms with Gasteiger partial charge in [0.25, 0.3) is 5.91 Å². The second kappa shape index (κ2) is 5.86. The van der Waals surface area contributed by atoms with Crippen LogP contribution in [0.2, 0.25) is 5.02 Å². The van der Waals surface area contributed by atoms with Crippen LogP contribution in [0.1, 0.15) is 16.1 Å². The van der Waals surface area contributed by atoms with Crippen LogP contribution >= 0.6 is 11.6 Å². The van der Waals surface area contributed by atoms with Crippen molar-refractivity contribution in [2.75, 3.05) is 13.6 Å². The van der Waals surface area contributed by atoms with Crippen LogP contribution in [-0.4, -0.2) is 29.3 Å². The van der Waals surface area contributed by atoms with Gasteiger partial charge in [-0.15, -0.1) is 0 Å². The lowest BCUT2D eigenvalue weighted by Gasteiger charge is -2.06. The van der Waals surface area contributed by atoms with E-state index in [2.05, 4.69) is 10.4 Å². The molecule has 2 rings (SSSR count). The molecule has 0 fully saturated rings. The Morgan fingerprint density at radius 1 is 1.47 bits per heavy atom. The number of nitrogens with two attached hydrogens (primary N) is 1. The van der Waals surface area contributed by atoms with Crippen LogP contribution in [0, 0.1) is 0 Å². The lowest BCUT2D eigenvalue weighted by Crippen LogP contribution is -2.18. The van der Waals surface area contributed by atoms with E-state index < -0.39 is 0 Å². The average Bonchev–Trinajstić information content (AvgIpc) is 2.90. The number of nitrogens with one attached hydrogen (secondary N) is 1. The molecular formula is C13H15ClN4O. The second-order valence-electron chi connectivity index (χ2n) is 4.04. The summed E-state index contributed by atoms with van der Waals surface area (Å²) in [7, 11) is 1.57. The van der Waals surface area contributed by atoms with Crippen LogP contribution in [0.4, 0.5) is 0 Å². The Morgan fingerprint density at radius 3 is 2.89 bits per heavy atom. The molecule has 1 aromatic carbocycles. The molecule has 0 spiro atoms. The molecule has 0 radical (unpaired) electrons. The third-order valence-electron chi connectivity index (χ3n) is 2.76. The maximum Gasteiger partial charge on any atom is 0.271 e. The topological polar surface area (TPSA) is 72.9 Å². The number of carbonyl (C=O) groups excluding carboxylic acids is 1. The molecule has 100 valence electrons. The molecule has 0 atom stereocenters. The van der Waals surface area contributed by atoms with Crippen LogP contribution in [0.25, 0.3) is 5.69 Å². The summed E-state index contributed by atoms with van der Waals surface area (Å²) in [5, 5.41) is 7.37. The van der Waals surface area contributed by atoms with Gasteiger partial charge in [-0.05, 0) is 36.7 Å². The number of halogens is 1. The van der Waals surface area contributed by atoms with Gasteiger partial charge in [0, 0.05) is 18.3 Å². The highest BCUT2D eigenvalue weighted by Gasteiger charge is 2.09. The van der Waals surface area contributed by atoms with Gasteiger partial charge in [0.15, 0.2) is 5.69 Å². The first-order chi connectivity index (χ1) is 9.15. The molecule has 2 aromatic rings. The zero-order chi connectivity index (χ0) is 13.8. The number of rotatable bonds is 4. The maximum atomic E-state index is 11.4. The Kier molecular flexibility index (Phi) is 4.19. The van der Waals surface area contributed by atoms with Gasteiger partial charge < -0.3 is 11.1 Å². The molecule has 0 aliphatic rings. The smallest absolute Gasteiger partial charge is 0.271 e. The molecule has 1 heterocycles. The Hall–Kier alpha value is -1.85. The van der Waals surface area contributed by atoms with E-state index in [0.717, 1.165) is 17.7 Å². The number of benzene rings is 1. The minimum atomic E-state index is -0.218. The van der Waals surface area contributed by atoms with E-state index in [0.29, 0.717) is 17.3 Å². The first-order valence-electron chi connectivity index (χ1n) is 5.92. The Balaban J connectivity index is 2.29. The largest absolute Gasteiger partial charge is 0.354 e. The highest BCUT2D eigenvalue weighted by atomic mass is 35.5. The van der Waals surface area contributed by atoms with Crippen LogP contribution < -0.4 is 11.1 Å². The number of hydrogen-bond acceptors (Lipinski definition) is 3. The zero-order valence-corrected chi connectivity index (χ0v) is 11.3. The van der Waals surface area contributed by atoms with Gasteiger partial charge in [0.05, 0.1) is 5.69 Å². The fourth-order valence-corrected chi connectivity index (χ4v) is 2.02. The van der Waals surface area contributed by atoms with Gasteiger partial charge >= 0.3 is 0 Å². The second-order valence-corrected chi connectivity index (χ2v) is 4.45. The molecule has 5 nitrogen and oxygen atoms in total. The van der Waals surface area contributed by atoms with Crippen molar-refractivity contribution >= 4 is 17.5 Å². The maximum absolute atomic E-state index is 11.4. The quantitative estimate of drug-likeness (QED) is 0.888. The minimum absolute atomic E-state index is 0.218. The molecule has 0 unspecified atom stereocenters. The molecule has 19 heavy (non-hydrogen) atoms. The lowest BCUT2D eigenvalue weighted by molar-refractivity contribution is 0.0957. The summed E-state index contributed by atoms with van der Waals surface area (Å²) < 4.78 is 1.61. The van der Waals surface area contributed by atoms with Gasteiger partial charge in [-0.2, -0.15) is 5.10 Å². The normalized spacial score (nSPS) is 10.5. The van der Waals surface area contributed by atoms with E-state index in [-0.39, 0.29) is 5.91 Å². The molecule has 3 N–H and O–H groups in total. The van der Waals surface area contributed by atoms with Crippen molar-refractivity contribution in [3.05, 3.63) is 46.7 Å². The molecule has 0 saturated heterocycles. The fraction of sp³-hybridized carbons (Fsp3) is 0.231. The van der Waals surface area contributed by atoms with Crippen LogP contribution in [0.5, 0.6) is 0 Å². The summed E-state index contributed by atoms with van der Waals surface area (Å²) in [5.41, 5.74) is 7.69. The Morgan fingerprint density at radius 2 is 2.26 bits per heavy atom. The highest BCUT2D eigenvalue weighted by Crippen LogP contribution is 2.20. The van der Waals surface area contributed by atoms with Crippen LogP contribution in [0.15, 0.2) is 30.5 Å². The number of nitrogens with zero attached hydrogens (tertiary/aromatic N) is 2. The predicted molar refractivity (Wildman–Crippen MR) is 74.7 cm³/mol. The molecule has 0 aliphatic carbocycles. The highest BCUT2D eigenvalue weighted by molar-refractivity contribution is 6.31. The summed E-state index contributed by atoms with van der Waals surface area (Å²) in [5.74, 6) is -0.218. The fourth-order valence-electron chi connectivity index (χ4n) is 1.75. The summed E-state index contributed by atoms with van der Waals surface area (Å²) in [6, 6.07) is 7.29. The zero-order valence-electron chi connectivity index (χ0n) is 10.6. The van der Waals surface area contributed by atoms with E-state index in [9.17, 15) is 4.79 Å². The Labute approximate surface area is 116 Å². The molecule has 6 heteroatoms. The summed E-state index contributed by atoms with van der Waals surface area (Å²) in [6.45, 7) is 0.557. The van der Waals surface area contributed by atoms with Gasteiger partial charge in [0.1, 0.15) is 0 Å². The van der Waals surface area contributed by atoms with Gasteiger partial charge in [0.2, 0.25) is 0 Å². The van der Waals surface area contributed by atoms with E-state index in [1.807, 2.05) is 18.2 Å². The standard InChI is InChI=1S/C13H15ClN4O/c1-16-13(19)12-5-7-18(17-12)10-3-2-9(4-6-15)11(14)8-10/h2-3,5,7-8H,4,6,15H2,1H3,(H,16,19). The first kappa shape index (κ1) is 13.6. The van der Waals surface area contributed by atoms with Crippen molar-refractivity contribution in [1.29, 1.82) is 0 Å². The van der Waals surface area contributed by atoms with Crippen LogP contribution in [-0.2, 0) is 6.42 Å². The van der Waals surface area contributed by atoms with E-state index >= 15 is 0 Å². The van der Waals surface area contributed by atoms with E-state index in [4.69, 9.17) is 17.3 Å². The monoisotopic (exact) mass is 278 g/mol. The van der Waals surface area contributed by atoms with E-state index in [1.54, 1.807) is 24.0 Å². The minimum Gasteiger partial charge on any atom is -0.354 e. The van der Waals surface area contributed by atoms with Crippen molar-refractivity contribution in [2.45, 2.75) is 6.42 Å². The molecule has 0 bridgehead atoms. The van der Waals surface area contributed by atoms with Crippen molar-refractivity contribution in [3.63, 3.8) is 0 Å². The van der Waals surface area contributed by atoms with Crippen molar-refractivity contribution < 1.29 is 4.79 Å². The lowest BCUT2D eigenvalue weighted by atomic mass is 10.1. The first-order valence-corrected chi connectivity index (χ1v) is 6.30. The molecule has 0 aliphatic heterocycles. The van der Waals surface area contributed by atoms with Crippen molar-refractivity contribution in [1.82, 2.24) is 15.1 Å².